The van der Waals surface area contributed by atoms with Crippen molar-refractivity contribution in [2.24, 2.45) is 0 Å². The molecule has 5 nitrogen and oxygen atoms in total. The average Bonchev–Trinajstić information content (AvgIpc) is 2.50. The fourth-order valence-electron chi connectivity index (χ4n) is 2.29. The molecule has 8 heteroatoms. The largest absolute Gasteiger partial charge is 0.242 e. The highest BCUT2D eigenvalue weighted by Gasteiger charge is 2.41. The first kappa shape index (κ1) is 15.8. The van der Waals surface area contributed by atoms with Crippen molar-refractivity contribution in [3.8, 4) is 0 Å². The van der Waals surface area contributed by atoms with E-state index < -0.39 is 25.4 Å². The van der Waals surface area contributed by atoms with Gasteiger partial charge in [-0.3, -0.25) is 0 Å². The number of halogens is 1. The van der Waals surface area contributed by atoms with Crippen LogP contribution in [-0.2, 0) is 19.9 Å². The van der Waals surface area contributed by atoms with E-state index in [1.807, 2.05) is 0 Å². The minimum atomic E-state index is -3.85. The van der Waals surface area contributed by atoms with Gasteiger partial charge in [-0.05, 0) is 38.0 Å². The molecule has 2 rings (SSSR count). The Labute approximate surface area is 124 Å². The minimum absolute atomic E-state index is 0.00630. The Morgan fingerprint density at radius 3 is 2.50 bits per heavy atom. The maximum Gasteiger partial charge on any atom is 0.242 e. The van der Waals surface area contributed by atoms with Gasteiger partial charge in [-0.15, -0.1) is 0 Å². The third-order valence-electron chi connectivity index (χ3n) is 3.26. The standard InChI is InChI=1S/C12H16ClNO4S2/c1-9-3-4-11(10(13)7-9)20(17,18)14-12(2)5-6-19(15,16)8-12/h3-4,7,14H,5-6,8H2,1-2H3. The molecular weight excluding hydrogens is 322 g/mol. The first-order chi connectivity index (χ1) is 9.03. The Balaban J connectivity index is 2.33. The number of hydrogen-bond acceptors (Lipinski definition) is 4. The van der Waals surface area contributed by atoms with Gasteiger partial charge in [0.2, 0.25) is 10.0 Å². The van der Waals surface area contributed by atoms with E-state index in [1.54, 1.807) is 26.0 Å². The van der Waals surface area contributed by atoms with Crippen LogP contribution in [0.1, 0.15) is 18.9 Å². The van der Waals surface area contributed by atoms with Crippen molar-refractivity contribution >= 4 is 31.5 Å². The highest BCUT2D eigenvalue weighted by Crippen LogP contribution is 2.28. The van der Waals surface area contributed by atoms with E-state index in [9.17, 15) is 16.8 Å². The van der Waals surface area contributed by atoms with Gasteiger partial charge in [-0.1, -0.05) is 17.7 Å². The summed E-state index contributed by atoms with van der Waals surface area (Å²) in [6.45, 7) is 3.40. The van der Waals surface area contributed by atoms with Gasteiger partial charge in [0, 0.05) is 5.54 Å². The molecule has 0 radical (unpaired) electrons. The molecular formula is C12H16ClNO4S2. The van der Waals surface area contributed by atoms with Crippen LogP contribution in [0, 0.1) is 6.92 Å². The molecule has 1 atom stereocenters. The van der Waals surface area contributed by atoms with Crippen LogP contribution in [0.25, 0.3) is 0 Å². The fourth-order valence-corrected chi connectivity index (χ4v) is 6.51. The number of sulfone groups is 1. The van der Waals surface area contributed by atoms with Crippen LogP contribution < -0.4 is 4.72 Å². The quantitative estimate of drug-likeness (QED) is 0.906. The van der Waals surface area contributed by atoms with E-state index >= 15 is 0 Å². The van der Waals surface area contributed by atoms with E-state index in [4.69, 9.17) is 11.6 Å². The molecule has 112 valence electrons. The average molecular weight is 338 g/mol. The van der Waals surface area contributed by atoms with Crippen LogP contribution in [0.5, 0.6) is 0 Å². The Hall–Kier alpha value is -0.630. The van der Waals surface area contributed by atoms with E-state index in [0.717, 1.165) is 5.56 Å². The number of rotatable bonds is 3. The molecule has 1 heterocycles. The molecule has 20 heavy (non-hydrogen) atoms. The summed E-state index contributed by atoms with van der Waals surface area (Å²) in [5.74, 6) is -0.198. The molecule has 1 aliphatic rings. The second-order valence-electron chi connectivity index (χ2n) is 5.44. The number of sulfonamides is 1. The molecule has 1 aliphatic heterocycles. The fraction of sp³-hybridized carbons (Fsp3) is 0.500. The molecule has 0 bridgehead atoms. The van der Waals surface area contributed by atoms with Gasteiger partial charge in [-0.25, -0.2) is 21.6 Å². The van der Waals surface area contributed by atoms with Crippen LogP contribution in [-0.4, -0.2) is 33.9 Å². The minimum Gasteiger partial charge on any atom is -0.229 e. The van der Waals surface area contributed by atoms with Gasteiger partial charge >= 0.3 is 0 Å². The summed E-state index contributed by atoms with van der Waals surface area (Å²) in [6.07, 6.45) is 0.262. The lowest BCUT2D eigenvalue weighted by atomic mass is 10.0. The zero-order valence-corrected chi connectivity index (χ0v) is 13.6. The van der Waals surface area contributed by atoms with E-state index in [-0.39, 0.29) is 27.8 Å². The van der Waals surface area contributed by atoms with Crippen molar-refractivity contribution in [2.75, 3.05) is 11.5 Å². The summed E-state index contributed by atoms with van der Waals surface area (Å²) in [4.78, 5) is -0.0321. The van der Waals surface area contributed by atoms with Crippen molar-refractivity contribution in [3.63, 3.8) is 0 Å². The highest BCUT2D eigenvalue weighted by molar-refractivity contribution is 7.92. The van der Waals surface area contributed by atoms with Crippen molar-refractivity contribution in [1.82, 2.24) is 4.72 Å². The van der Waals surface area contributed by atoms with Gasteiger partial charge in [-0.2, -0.15) is 0 Å². The van der Waals surface area contributed by atoms with Crippen molar-refractivity contribution in [1.29, 1.82) is 0 Å². The number of aryl methyl sites for hydroxylation is 1. The molecule has 1 saturated heterocycles. The maximum absolute atomic E-state index is 12.3. The molecule has 1 N–H and O–H groups in total. The molecule has 0 aliphatic carbocycles. The Bertz CT molecular complexity index is 743. The van der Waals surface area contributed by atoms with Crippen LogP contribution in [0.2, 0.25) is 5.02 Å². The Morgan fingerprint density at radius 1 is 1.35 bits per heavy atom. The third-order valence-corrected chi connectivity index (χ3v) is 7.29. The molecule has 0 spiro atoms. The van der Waals surface area contributed by atoms with Crippen molar-refractivity contribution in [2.45, 2.75) is 30.7 Å². The molecule has 1 fully saturated rings. The summed E-state index contributed by atoms with van der Waals surface area (Å²) in [5, 5.41) is 0.127. The monoisotopic (exact) mass is 337 g/mol. The molecule has 0 aromatic heterocycles. The zero-order chi connectivity index (χ0) is 15.2. The van der Waals surface area contributed by atoms with Gasteiger partial charge in [0.15, 0.2) is 9.84 Å². The summed E-state index contributed by atoms with van der Waals surface area (Å²) in [5.41, 5.74) is -0.130. The second-order valence-corrected chi connectivity index (χ2v) is 9.68. The van der Waals surface area contributed by atoms with Crippen molar-refractivity contribution in [3.05, 3.63) is 28.8 Å². The van der Waals surface area contributed by atoms with Crippen LogP contribution in [0.4, 0.5) is 0 Å². The van der Waals surface area contributed by atoms with Gasteiger partial charge in [0.05, 0.1) is 16.5 Å². The van der Waals surface area contributed by atoms with E-state index in [1.165, 1.54) is 6.07 Å². The van der Waals surface area contributed by atoms with Gasteiger partial charge in [0.1, 0.15) is 4.90 Å². The molecule has 1 aromatic carbocycles. The smallest absolute Gasteiger partial charge is 0.229 e. The lowest BCUT2D eigenvalue weighted by molar-refractivity contribution is 0.462. The predicted molar refractivity (Wildman–Crippen MR) is 78.2 cm³/mol. The summed E-state index contributed by atoms with van der Waals surface area (Å²) in [7, 11) is -7.03. The van der Waals surface area contributed by atoms with Crippen LogP contribution in [0.15, 0.2) is 23.1 Å². The predicted octanol–water partition coefficient (Wildman–Crippen LogP) is 1.50. The summed E-state index contributed by atoms with van der Waals surface area (Å²) >= 11 is 5.96. The first-order valence-corrected chi connectivity index (χ1v) is 9.72. The Kier molecular flexibility index (Phi) is 3.92. The van der Waals surface area contributed by atoms with E-state index in [2.05, 4.69) is 4.72 Å². The molecule has 1 aromatic rings. The number of hydrogen-bond donors (Lipinski definition) is 1. The molecule has 0 saturated carbocycles. The van der Waals surface area contributed by atoms with Crippen molar-refractivity contribution < 1.29 is 16.8 Å². The van der Waals surface area contributed by atoms with E-state index in [0.29, 0.717) is 0 Å². The summed E-state index contributed by atoms with van der Waals surface area (Å²) in [6, 6.07) is 4.63. The van der Waals surface area contributed by atoms with Gasteiger partial charge in [0.25, 0.3) is 0 Å². The molecule has 0 amide bonds. The lowest BCUT2D eigenvalue weighted by Gasteiger charge is -2.23. The van der Waals surface area contributed by atoms with Crippen LogP contribution in [0.3, 0.4) is 0 Å². The maximum atomic E-state index is 12.3. The second kappa shape index (κ2) is 4.98. The number of nitrogens with one attached hydrogen (secondary N) is 1. The lowest BCUT2D eigenvalue weighted by Crippen LogP contribution is -2.46. The highest BCUT2D eigenvalue weighted by atomic mass is 35.5. The topological polar surface area (TPSA) is 80.3 Å². The SMILES string of the molecule is Cc1ccc(S(=O)(=O)NC2(C)CCS(=O)(=O)C2)c(Cl)c1. The Morgan fingerprint density at radius 2 is 2.00 bits per heavy atom. The summed E-state index contributed by atoms with van der Waals surface area (Å²) < 4.78 is 50.2. The molecule has 1 unspecified atom stereocenters. The van der Waals surface area contributed by atoms with Gasteiger partial charge < -0.3 is 0 Å². The number of benzene rings is 1. The normalized spacial score (nSPS) is 25.8. The zero-order valence-electron chi connectivity index (χ0n) is 11.2. The van der Waals surface area contributed by atoms with Crippen LogP contribution >= 0.6 is 11.6 Å². The first-order valence-electron chi connectivity index (χ1n) is 6.04. The third kappa shape index (κ3) is 3.33.